The van der Waals surface area contributed by atoms with Crippen LogP contribution in [0.1, 0.15) is 49.4 Å². The van der Waals surface area contributed by atoms with E-state index in [0.717, 1.165) is 16.7 Å². The van der Waals surface area contributed by atoms with Crippen LogP contribution in [-0.4, -0.2) is 18.4 Å². The van der Waals surface area contributed by atoms with E-state index >= 15 is 0 Å². The lowest BCUT2D eigenvalue weighted by Gasteiger charge is -2.49. The van der Waals surface area contributed by atoms with Gasteiger partial charge in [0.25, 0.3) is 0 Å². The fraction of sp³-hybridized carbons (Fsp3) is 0.600. The Labute approximate surface area is 139 Å². The van der Waals surface area contributed by atoms with Gasteiger partial charge in [0.05, 0.1) is 6.61 Å². The van der Waals surface area contributed by atoms with Gasteiger partial charge in [-0.2, -0.15) is 0 Å². The highest BCUT2D eigenvalue weighted by atomic mass is 16.5. The molecule has 2 rings (SSSR count). The molecule has 0 amide bonds. The number of aryl methyl sites for hydroxylation is 3. The third-order valence-corrected chi connectivity index (χ3v) is 5.59. The summed E-state index contributed by atoms with van der Waals surface area (Å²) >= 11 is 0. The van der Waals surface area contributed by atoms with E-state index in [1.165, 1.54) is 5.56 Å². The quantitative estimate of drug-likeness (QED) is 0.610. The third-order valence-electron chi connectivity index (χ3n) is 5.59. The summed E-state index contributed by atoms with van der Waals surface area (Å²) in [5, 5.41) is 0. The van der Waals surface area contributed by atoms with Crippen molar-refractivity contribution in [1.29, 1.82) is 0 Å². The summed E-state index contributed by atoms with van der Waals surface area (Å²) < 4.78 is 5.25. The molecule has 0 aromatic heterocycles. The Kier molecular flexibility index (Phi) is 4.98. The molecule has 1 saturated carbocycles. The minimum atomic E-state index is -0.945. The molecule has 0 saturated heterocycles. The van der Waals surface area contributed by atoms with Gasteiger partial charge >= 0.3 is 5.97 Å². The molecule has 3 unspecified atom stereocenters. The SMILES string of the molecule is CCOC(=O)C1(C(=O)Cc2c(C)cc(C)cc2C)CC(C)C1C. The van der Waals surface area contributed by atoms with E-state index in [9.17, 15) is 9.59 Å². The summed E-state index contributed by atoms with van der Waals surface area (Å²) in [5.41, 5.74) is 3.54. The van der Waals surface area contributed by atoms with Gasteiger partial charge in [0, 0.05) is 6.42 Å². The van der Waals surface area contributed by atoms with Gasteiger partial charge in [0.15, 0.2) is 5.78 Å². The maximum absolute atomic E-state index is 13.1. The van der Waals surface area contributed by atoms with Crippen LogP contribution in [0.2, 0.25) is 0 Å². The molecule has 1 fully saturated rings. The highest BCUT2D eigenvalue weighted by Crippen LogP contribution is 2.53. The van der Waals surface area contributed by atoms with E-state index in [1.807, 2.05) is 20.8 Å². The average Bonchev–Trinajstić information content (AvgIpc) is 2.47. The number of carbonyl (C=O) groups is 2. The van der Waals surface area contributed by atoms with Crippen LogP contribution in [0.5, 0.6) is 0 Å². The summed E-state index contributed by atoms with van der Waals surface area (Å²) in [4.78, 5) is 25.6. The molecule has 0 heterocycles. The number of hydrogen-bond acceptors (Lipinski definition) is 3. The number of Topliss-reactive ketones (excluding diaryl/α,β-unsaturated/α-hetero) is 1. The van der Waals surface area contributed by atoms with Crippen molar-refractivity contribution < 1.29 is 14.3 Å². The Morgan fingerprint density at radius 3 is 2.17 bits per heavy atom. The second-order valence-electron chi connectivity index (χ2n) is 7.14. The van der Waals surface area contributed by atoms with Crippen molar-refractivity contribution >= 4 is 11.8 Å². The summed E-state index contributed by atoms with van der Waals surface area (Å²) in [5.74, 6) is 0.0956. The molecule has 1 aliphatic carbocycles. The van der Waals surface area contributed by atoms with Gasteiger partial charge in [-0.25, -0.2) is 0 Å². The van der Waals surface area contributed by atoms with Gasteiger partial charge in [0.1, 0.15) is 5.41 Å². The Bertz CT molecular complexity index is 609. The highest BCUT2D eigenvalue weighted by molar-refractivity contribution is 6.06. The Hall–Kier alpha value is -1.64. The molecule has 1 aliphatic rings. The van der Waals surface area contributed by atoms with Gasteiger partial charge < -0.3 is 4.74 Å². The minimum absolute atomic E-state index is 0.0107. The van der Waals surface area contributed by atoms with Gasteiger partial charge in [-0.1, -0.05) is 31.5 Å². The molecular formula is C20H28O3. The number of esters is 1. The monoisotopic (exact) mass is 316 g/mol. The zero-order chi connectivity index (χ0) is 17.4. The first-order valence-electron chi connectivity index (χ1n) is 8.51. The van der Waals surface area contributed by atoms with Crippen LogP contribution < -0.4 is 0 Å². The fourth-order valence-electron chi connectivity index (χ4n) is 4.01. The summed E-state index contributed by atoms with van der Waals surface area (Å²) in [6.07, 6.45) is 0.920. The van der Waals surface area contributed by atoms with Gasteiger partial charge in [-0.3, -0.25) is 9.59 Å². The van der Waals surface area contributed by atoms with Crippen molar-refractivity contribution in [2.24, 2.45) is 17.3 Å². The third kappa shape index (κ3) is 2.93. The molecule has 23 heavy (non-hydrogen) atoms. The number of carbonyl (C=O) groups excluding carboxylic acids is 2. The van der Waals surface area contributed by atoms with Crippen LogP contribution >= 0.6 is 0 Å². The van der Waals surface area contributed by atoms with E-state index in [2.05, 4.69) is 26.0 Å². The van der Waals surface area contributed by atoms with E-state index < -0.39 is 5.41 Å². The number of benzene rings is 1. The Morgan fingerprint density at radius 1 is 1.17 bits per heavy atom. The first-order chi connectivity index (χ1) is 10.7. The smallest absolute Gasteiger partial charge is 0.319 e. The second kappa shape index (κ2) is 6.46. The molecule has 3 nitrogen and oxygen atoms in total. The van der Waals surface area contributed by atoms with Crippen LogP contribution in [0.25, 0.3) is 0 Å². The van der Waals surface area contributed by atoms with E-state index in [0.29, 0.717) is 25.4 Å². The lowest BCUT2D eigenvalue weighted by atomic mass is 9.52. The molecule has 0 spiro atoms. The average molecular weight is 316 g/mol. The predicted octanol–water partition coefficient (Wildman–Crippen LogP) is 3.95. The lowest BCUT2D eigenvalue weighted by Crippen LogP contribution is -2.57. The van der Waals surface area contributed by atoms with Gasteiger partial charge in [-0.05, 0) is 62.6 Å². The normalized spacial score (nSPS) is 26.5. The molecule has 0 N–H and O–H groups in total. The van der Waals surface area contributed by atoms with Crippen LogP contribution in [0.3, 0.4) is 0 Å². The van der Waals surface area contributed by atoms with E-state index in [-0.39, 0.29) is 17.7 Å². The molecule has 3 atom stereocenters. The van der Waals surface area contributed by atoms with E-state index in [1.54, 1.807) is 6.92 Å². The molecule has 126 valence electrons. The number of ketones is 1. The number of ether oxygens (including phenoxy) is 1. The maximum atomic E-state index is 13.1. The Morgan fingerprint density at radius 2 is 1.74 bits per heavy atom. The maximum Gasteiger partial charge on any atom is 0.319 e. The highest BCUT2D eigenvalue weighted by Gasteiger charge is 2.60. The zero-order valence-corrected chi connectivity index (χ0v) is 15.2. The zero-order valence-electron chi connectivity index (χ0n) is 15.2. The molecule has 3 heteroatoms. The number of hydrogen-bond donors (Lipinski definition) is 0. The van der Waals surface area contributed by atoms with E-state index in [4.69, 9.17) is 4.74 Å². The largest absolute Gasteiger partial charge is 0.465 e. The fourth-order valence-corrected chi connectivity index (χ4v) is 4.01. The Balaban J connectivity index is 2.32. The van der Waals surface area contributed by atoms with Crippen LogP contribution in [0.15, 0.2) is 12.1 Å². The van der Waals surface area contributed by atoms with Crippen LogP contribution in [-0.2, 0) is 20.7 Å². The lowest BCUT2D eigenvalue weighted by molar-refractivity contribution is -0.177. The van der Waals surface area contributed by atoms with Crippen molar-refractivity contribution in [1.82, 2.24) is 0 Å². The van der Waals surface area contributed by atoms with Gasteiger partial charge in [0.2, 0.25) is 0 Å². The molecule has 0 radical (unpaired) electrons. The van der Waals surface area contributed by atoms with Crippen molar-refractivity contribution in [2.45, 2.75) is 54.4 Å². The van der Waals surface area contributed by atoms with Crippen molar-refractivity contribution in [3.05, 3.63) is 34.4 Å². The molecule has 0 aliphatic heterocycles. The molecule has 1 aromatic carbocycles. The van der Waals surface area contributed by atoms with Crippen molar-refractivity contribution in [3.63, 3.8) is 0 Å². The first kappa shape index (κ1) is 17.7. The first-order valence-corrected chi connectivity index (χ1v) is 8.51. The second-order valence-corrected chi connectivity index (χ2v) is 7.14. The molecule has 1 aromatic rings. The molecule has 0 bridgehead atoms. The minimum Gasteiger partial charge on any atom is -0.465 e. The predicted molar refractivity (Wildman–Crippen MR) is 91.4 cm³/mol. The summed E-state index contributed by atoms with van der Waals surface area (Å²) in [7, 11) is 0. The summed E-state index contributed by atoms with van der Waals surface area (Å²) in [6, 6.07) is 4.19. The summed E-state index contributed by atoms with van der Waals surface area (Å²) in [6.45, 7) is 12.3. The topological polar surface area (TPSA) is 43.4 Å². The van der Waals surface area contributed by atoms with Crippen LogP contribution in [0.4, 0.5) is 0 Å². The molecular weight excluding hydrogens is 288 g/mol. The van der Waals surface area contributed by atoms with Gasteiger partial charge in [-0.15, -0.1) is 0 Å². The standard InChI is InChI=1S/C20H28O3/c1-7-23-19(22)20(11-15(5)16(20)6)18(21)10-17-13(3)8-12(2)9-14(17)4/h8-9,15-16H,7,10-11H2,1-6H3. The van der Waals surface area contributed by atoms with Crippen LogP contribution in [0, 0.1) is 38.0 Å². The van der Waals surface area contributed by atoms with Crippen molar-refractivity contribution in [3.8, 4) is 0 Å². The van der Waals surface area contributed by atoms with Crippen molar-refractivity contribution in [2.75, 3.05) is 6.61 Å². The number of rotatable bonds is 5.